The summed E-state index contributed by atoms with van der Waals surface area (Å²) < 4.78 is 52.5. The minimum atomic E-state index is -3.60. The second kappa shape index (κ2) is 7.98. The third kappa shape index (κ3) is 4.58. The number of carbonyl (C=O) groups is 1. The van der Waals surface area contributed by atoms with E-state index in [0.717, 1.165) is 23.1 Å². The molecule has 1 aliphatic heterocycles. The molecule has 1 heterocycles. The molecular formula is C19H18F2N2O3S. The molecule has 0 N–H and O–H groups in total. The van der Waals surface area contributed by atoms with Crippen molar-refractivity contribution >= 4 is 22.0 Å². The van der Waals surface area contributed by atoms with E-state index in [1.54, 1.807) is 12.1 Å². The standard InChI is InChI=1S/C19H18F2N2O3S/c20-17-7-6-16(14-18(17)21)19(24)22-9-11-23(12-10-22)27(25,26)13-8-15-4-2-1-3-5-15/h1-8,13-14H,9-12H2. The van der Waals surface area contributed by atoms with E-state index in [4.69, 9.17) is 0 Å². The van der Waals surface area contributed by atoms with E-state index < -0.39 is 27.6 Å². The molecule has 0 atom stereocenters. The van der Waals surface area contributed by atoms with Crippen LogP contribution in [0.1, 0.15) is 15.9 Å². The molecule has 1 amide bonds. The van der Waals surface area contributed by atoms with Gasteiger partial charge in [-0.25, -0.2) is 17.2 Å². The largest absolute Gasteiger partial charge is 0.336 e. The Morgan fingerprint density at radius 2 is 1.59 bits per heavy atom. The number of nitrogens with zero attached hydrogens (tertiary/aromatic N) is 2. The van der Waals surface area contributed by atoms with Gasteiger partial charge in [-0.1, -0.05) is 30.3 Å². The van der Waals surface area contributed by atoms with Gasteiger partial charge in [0, 0.05) is 37.2 Å². The summed E-state index contributed by atoms with van der Waals surface area (Å²) >= 11 is 0. The van der Waals surface area contributed by atoms with E-state index in [9.17, 15) is 22.0 Å². The lowest BCUT2D eigenvalue weighted by Crippen LogP contribution is -2.50. The van der Waals surface area contributed by atoms with Crippen LogP contribution in [0.25, 0.3) is 6.08 Å². The molecule has 0 aliphatic carbocycles. The van der Waals surface area contributed by atoms with E-state index >= 15 is 0 Å². The number of sulfonamides is 1. The lowest BCUT2D eigenvalue weighted by Gasteiger charge is -2.33. The van der Waals surface area contributed by atoms with Crippen molar-refractivity contribution in [3.63, 3.8) is 0 Å². The van der Waals surface area contributed by atoms with Gasteiger partial charge in [0.25, 0.3) is 5.91 Å². The number of hydrogen-bond donors (Lipinski definition) is 0. The number of hydrogen-bond acceptors (Lipinski definition) is 3. The zero-order chi connectivity index (χ0) is 19.4. The van der Waals surface area contributed by atoms with Crippen LogP contribution >= 0.6 is 0 Å². The molecule has 0 aromatic heterocycles. The molecule has 0 bridgehead atoms. The van der Waals surface area contributed by atoms with Crippen LogP contribution in [0, 0.1) is 11.6 Å². The zero-order valence-corrected chi connectivity index (χ0v) is 15.2. The molecule has 5 nitrogen and oxygen atoms in total. The second-order valence-corrected chi connectivity index (χ2v) is 7.90. The Morgan fingerprint density at radius 1 is 0.926 bits per heavy atom. The predicted molar refractivity (Wildman–Crippen MR) is 98.2 cm³/mol. The first kappa shape index (κ1) is 19.2. The van der Waals surface area contributed by atoms with Crippen LogP contribution < -0.4 is 0 Å². The average Bonchev–Trinajstić information content (AvgIpc) is 2.69. The Hall–Kier alpha value is -2.58. The van der Waals surface area contributed by atoms with Crippen molar-refractivity contribution in [2.45, 2.75) is 0 Å². The highest BCUT2D eigenvalue weighted by molar-refractivity contribution is 7.92. The van der Waals surface area contributed by atoms with Crippen LogP contribution in [-0.2, 0) is 10.0 Å². The number of piperazine rings is 1. The van der Waals surface area contributed by atoms with Crippen molar-refractivity contribution in [2.75, 3.05) is 26.2 Å². The average molecular weight is 392 g/mol. The van der Waals surface area contributed by atoms with Crippen LogP contribution in [0.3, 0.4) is 0 Å². The quantitative estimate of drug-likeness (QED) is 0.804. The summed E-state index contributed by atoms with van der Waals surface area (Å²) in [4.78, 5) is 13.8. The number of rotatable bonds is 4. The molecule has 142 valence electrons. The van der Waals surface area contributed by atoms with E-state index in [0.29, 0.717) is 0 Å². The fourth-order valence-electron chi connectivity index (χ4n) is 2.77. The van der Waals surface area contributed by atoms with Gasteiger partial charge in [0.15, 0.2) is 11.6 Å². The summed E-state index contributed by atoms with van der Waals surface area (Å²) in [6.45, 7) is 0.625. The zero-order valence-electron chi connectivity index (χ0n) is 14.4. The van der Waals surface area contributed by atoms with E-state index in [-0.39, 0.29) is 31.7 Å². The van der Waals surface area contributed by atoms with E-state index in [1.807, 2.05) is 18.2 Å². The lowest BCUT2D eigenvalue weighted by molar-refractivity contribution is 0.0698. The monoisotopic (exact) mass is 392 g/mol. The van der Waals surface area contributed by atoms with Gasteiger partial charge in [-0.05, 0) is 29.8 Å². The Morgan fingerprint density at radius 3 is 2.22 bits per heavy atom. The first-order valence-electron chi connectivity index (χ1n) is 8.34. The Labute approximate surface area is 156 Å². The molecular weight excluding hydrogens is 374 g/mol. The molecule has 1 aliphatic rings. The Bertz CT molecular complexity index is 954. The fraction of sp³-hybridized carbons (Fsp3) is 0.211. The molecule has 27 heavy (non-hydrogen) atoms. The van der Waals surface area contributed by atoms with Gasteiger partial charge in [0.1, 0.15) is 0 Å². The highest BCUT2D eigenvalue weighted by Crippen LogP contribution is 2.15. The molecule has 0 spiro atoms. The van der Waals surface area contributed by atoms with Crippen LogP contribution in [0.4, 0.5) is 8.78 Å². The molecule has 3 rings (SSSR count). The van der Waals surface area contributed by atoms with E-state index in [1.165, 1.54) is 21.3 Å². The lowest BCUT2D eigenvalue weighted by atomic mass is 10.1. The summed E-state index contributed by atoms with van der Waals surface area (Å²) in [6.07, 6.45) is 1.52. The maximum Gasteiger partial charge on any atom is 0.254 e. The number of amides is 1. The van der Waals surface area contributed by atoms with Crippen molar-refractivity contribution in [1.82, 2.24) is 9.21 Å². The van der Waals surface area contributed by atoms with E-state index in [2.05, 4.69) is 0 Å². The van der Waals surface area contributed by atoms with Crippen LogP contribution in [0.2, 0.25) is 0 Å². The summed E-state index contributed by atoms with van der Waals surface area (Å²) in [5.41, 5.74) is 0.808. The smallest absolute Gasteiger partial charge is 0.254 e. The molecule has 0 radical (unpaired) electrons. The molecule has 8 heteroatoms. The minimum Gasteiger partial charge on any atom is -0.336 e. The SMILES string of the molecule is O=C(c1ccc(F)c(F)c1)N1CCN(S(=O)(=O)C=Cc2ccccc2)CC1. The van der Waals surface area contributed by atoms with Gasteiger partial charge in [-0.15, -0.1) is 0 Å². The van der Waals surface area contributed by atoms with Crippen molar-refractivity contribution in [3.05, 3.63) is 76.7 Å². The maximum absolute atomic E-state index is 13.3. The van der Waals surface area contributed by atoms with Gasteiger partial charge in [0.2, 0.25) is 10.0 Å². The summed E-state index contributed by atoms with van der Waals surface area (Å²) in [5.74, 6) is -2.56. The van der Waals surface area contributed by atoms with Crippen molar-refractivity contribution in [3.8, 4) is 0 Å². The molecule has 2 aromatic rings. The third-order valence-corrected chi connectivity index (χ3v) is 5.85. The van der Waals surface area contributed by atoms with Gasteiger partial charge in [-0.3, -0.25) is 4.79 Å². The summed E-state index contributed by atoms with van der Waals surface area (Å²) in [5, 5.41) is 1.15. The van der Waals surface area contributed by atoms with Gasteiger partial charge in [-0.2, -0.15) is 4.31 Å². The number of halogens is 2. The topological polar surface area (TPSA) is 57.7 Å². The molecule has 1 saturated heterocycles. The van der Waals surface area contributed by atoms with Crippen LogP contribution in [-0.4, -0.2) is 49.7 Å². The van der Waals surface area contributed by atoms with Gasteiger partial charge >= 0.3 is 0 Å². The second-order valence-electron chi connectivity index (χ2n) is 6.08. The third-order valence-electron chi connectivity index (χ3n) is 4.28. The predicted octanol–water partition coefficient (Wildman–Crippen LogP) is 2.72. The summed E-state index contributed by atoms with van der Waals surface area (Å²) in [6, 6.07) is 12.0. The fourth-order valence-corrected chi connectivity index (χ4v) is 3.95. The maximum atomic E-state index is 13.3. The molecule has 2 aromatic carbocycles. The highest BCUT2D eigenvalue weighted by atomic mass is 32.2. The molecule has 1 fully saturated rings. The first-order chi connectivity index (χ1) is 12.9. The van der Waals surface area contributed by atoms with Crippen molar-refractivity contribution in [1.29, 1.82) is 0 Å². The van der Waals surface area contributed by atoms with Crippen LogP contribution in [0.15, 0.2) is 53.9 Å². The van der Waals surface area contributed by atoms with Crippen molar-refractivity contribution < 1.29 is 22.0 Å². The Kier molecular flexibility index (Phi) is 5.67. The van der Waals surface area contributed by atoms with Gasteiger partial charge < -0.3 is 4.90 Å². The van der Waals surface area contributed by atoms with Crippen molar-refractivity contribution in [2.24, 2.45) is 0 Å². The molecule has 0 unspecified atom stereocenters. The summed E-state index contributed by atoms with van der Waals surface area (Å²) in [7, 11) is -3.60. The normalized spacial score (nSPS) is 16.0. The first-order valence-corrected chi connectivity index (χ1v) is 9.85. The highest BCUT2D eigenvalue weighted by Gasteiger charge is 2.28. The van der Waals surface area contributed by atoms with Gasteiger partial charge in [0.05, 0.1) is 0 Å². The minimum absolute atomic E-state index is 0.0363. The number of benzene rings is 2. The van der Waals surface area contributed by atoms with Crippen LogP contribution in [0.5, 0.6) is 0 Å². The number of carbonyl (C=O) groups excluding carboxylic acids is 1. The Balaban J connectivity index is 1.63. The molecule has 0 saturated carbocycles.